The van der Waals surface area contributed by atoms with Gasteiger partial charge in [0.25, 0.3) is 5.91 Å². The number of rotatable bonds is 3. The Morgan fingerprint density at radius 1 is 1.08 bits per heavy atom. The second-order valence-corrected chi connectivity index (χ2v) is 10.8. The van der Waals surface area contributed by atoms with Crippen molar-refractivity contribution in [2.24, 2.45) is 5.92 Å². The summed E-state index contributed by atoms with van der Waals surface area (Å²) < 4.78 is 3.45. The van der Waals surface area contributed by atoms with Crippen molar-refractivity contribution in [1.29, 1.82) is 0 Å². The summed E-state index contributed by atoms with van der Waals surface area (Å²) in [5, 5.41) is 12.2. The molecule has 0 saturated carbocycles. The normalized spacial score (nSPS) is 19.8. The Morgan fingerprint density at radius 3 is 2.54 bits per heavy atom. The van der Waals surface area contributed by atoms with Crippen molar-refractivity contribution < 1.29 is 14.4 Å². The first-order valence-corrected chi connectivity index (χ1v) is 13.5. The number of amides is 3. The van der Waals surface area contributed by atoms with Crippen LogP contribution in [0.5, 0.6) is 0 Å². The smallest absolute Gasteiger partial charge is 0.274 e. The molecule has 0 radical (unpaired) electrons. The van der Waals surface area contributed by atoms with Crippen LogP contribution >= 0.6 is 0 Å². The van der Waals surface area contributed by atoms with Gasteiger partial charge < -0.3 is 15.1 Å². The lowest BCUT2D eigenvalue weighted by Crippen LogP contribution is -2.47. The molecule has 0 fully saturated rings. The third-order valence-electron chi connectivity index (χ3n) is 7.14. The molecular formula is C27H39N9O3. The van der Waals surface area contributed by atoms with Gasteiger partial charge in [-0.05, 0) is 52.5 Å². The zero-order valence-corrected chi connectivity index (χ0v) is 23.9. The summed E-state index contributed by atoms with van der Waals surface area (Å²) in [6, 6.07) is 2.59. The van der Waals surface area contributed by atoms with Crippen LogP contribution in [-0.2, 0) is 16.1 Å². The minimum atomic E-state index is -0.650. The van der Waals surface area contributed by atoms with E-state index in [0.717, 1.165) is 11.4 Å². The molecule has 12 heteroatoms. The van der Waals surface area contributed by atoms with E-state index in [1.165, 1.54) is 4.90 Å². The van der Waals surface area contributed by atoms with Crippen molar-refractivity contribution in [1.82, 2.24) is 44.5 Å². The van der Waals surface area contributed by atoms with Crippen molar-refractivity contribution in [3.05, 3.63) is 40.9 Å². The number of nitrogens with zero attached hydrogens (tertiary/aromatic N) is 8. The quantitative estimate of drug-likeness (QED) is 0.542. The molecule has 2 atom stereocenters. The highest BCUT2D eigenvalue weighted by molar-refractivity contribution is 5.93. The second-order valence-electron chi connectivity index (χ2n) is 10.8. The molecule has 210 valence electrons. The minimum absolute atomic E-state index is 0.149. The number of likely N-dealkylation sites (N-methyl/N-ethyl adjacent to an activating group) is 1. The summed E-state index contributed by atoms with van der Waals surface area (Å²) in [4.78, 5) is 52.1. The van der Waals surface area contributed by atoms with E-state index in [2.05, 4.69) is 39.3 Å². The molecule has 4 heterocycles. The Hall–Kier alpha value is -3.83. The Balaban J connectivity index is 1.68. The van der Waals surface area contributed by atoms with Crippen molar-refractivity contribution in [2.75, 3.05) is 20.1 Å². The Kier molecular flexibility index (Phi) is 8.31. The van der Waals surface area contributed by atoms with Gasteiger partial charge in [0.05, 0.1) is 12.6 Å². The van der Waals surface area contributed by atoms with E-state index in [-0.39, 0.29) is 36.1 Å². The lowest BCUT2D eigenvalue weighted by atomic mass is 10.0. The summed E-state index contributed by atoms with van der Waals surface area (Å²) in [5.74, 6) is 0.900. The number of carbonyl (C=O) groups excluding carboxylic acids is 3. The molecule has 1 N–H and O–H groups in total. The van der Waals surface area contributed by atoms with Gasteiger partial charge >= 0.3 is 0 Å². The Morgan fingerprint density at radius 2 is 1.82 bits per heavy atom. The topological polar surface area (TPSA) is 131 Å². The molecule has 0 unspecified atom stereocenters. The molecular weight excluding hydrogens is 498 g/mol. The van der Waals surface area contributed by atoms with Crippen LogP contribution in [0, 0.1) is 26.7 Å². The molecule has 0 spiro atoms. The van der Waals surface area contributed by atoms with Gasteiger partial charge in [-0.3, -0.25) is 14.4 Å². The van der Waals surface area contributed by atoms with E-state index >= 15 is 0 Å². The van der Waals surface area contributed by atoms with E-state index in [9.17, 15) is 14.4 Å². The standard InChI is InChI=1S/C27H39N9O3/c1-16(2)13-21-25-29-20(6)31-35(25)12-11-34(10-8-9-24(37)33(7)19(5)26(38)30-21)27(39)22-15-23-28-17(3)14-18(4)36(23)32-22/h14-16,19,21H,8-13H2,1-7H3,(H,30,38)/t19-,21+/m0/s1. The van der Waals surface area contributed by atoms with Crippen molar-refractivity contribution in [3.8, 4) is 0 Å². The molecule has 3 aromatic rings. The maximum atomic E-state index is 13.7. The van der Waals surface area contributed by atoms with E-state index in [4.69, 9.17) is 0 Å². The molecule has 1 aliphatic rings. The van der Waals surface area contributed by atoms with Crippen molar-refractivity contribution in [3.63, 3.8) is 0 Å². The third-order valence-corrected chi connectivity index (χ3v) is 7.14. The number of carbonyl (C=O) groups is 3. The fourth-order valence-corrected chi connectivity index (χ4v) is 4.96. The van der Waals surface area contributed by atoms with E-state index in [0.29, 0.717) is 55.5 Å². The maximum Gasteiger partial charge on any atom is 0.274 e. The molecule has 0 bridgehead atoms. The van der Waals surface area contributed by atoms with Gasteiger partial charge in [0.1, 0.15) is 17.7 Å². The number of nitrogens with one attached hydrogen (secondary N) is 1. The predicted octanol–water partition coefficient (Wildman–Crippen LogP) is 2.23. The van der Waals surface area contributed by atoms with Crippen LogP contribution in [0.1, 0.15) is 79.6 Å². The van der Waals surface area contributed by atoms with Crippen LogP contribution in [0.3, 0.4) is 0 Å². The van der Waals surface area contributed by atoms with Crippen LogP contribution < -0.4 is 5.32 Å². The molecule has 0 saturated heterocycles. The highest BCUT2D eigenvalue weighted by Crippen LogP contribution is 2.22. The van der Waals surface area contributed by atoms with Crippen LogP contribution in [0.25, 0.3) is 5.65 Å². The van der Waals surface area contributed by atoms with Crippen LogP contribution in [0.2, 0.25) is 0 Å². The summed E-state index contributed by atoms with van der Waals surface area (Å²) in [6.07, 6.45) is 1.32. The summed E-state index contributed by atoms with van der Waals surface area (Å²) in [6.45, 7) is 12.6. The van der Waals surface area contributed by atoms with Gasteiger partial charge in [-0.1, -0.05) is 13.8 Å². The second kappa shape index (κ2) is 11.5. The van der Waals surface area contributed by atoms with E-state index < -0.39 is 6.04 Å². The minimum Gasteiger partial charge on any atom is -0.344 e. The lowest BCUT2D eigenvalue weighted by molar-refractivity contribution is -0.138. The first kappa shape index (κ1) is 28.2. The molecule has 3 aromatic heterocycles. The number of fused-ring (bicyclic) bond motifs is 2. The number of aromatic nitrogens is 6. The molecule has 12 nitrogen and oxygen atoms in total. The van der Waals surface area contributed by atoms with Crippen LogP contribution in [-0.4, -0.2) is 83.1 Å². The highest BCUT2D eigenvalue weighted by Gasteiger charge is 2.29. The number of hydrogen-bond donors (Lipinski definition) is 1. The van der Waals surface area contributed by atoms with Gasteiger partial charge in [-0.15, -0.1) is 0 Å². The fourth-order valence-electron chi connectivity index (χ4n) is 4.96. The van der Waals surface area contributed by atoms with Gasteiger partial charge in [0.15, 0.2) is 11.3 Å². The first-order valence-electron chi connectivity index (χ1n) is 13.5. The highest BCUT2D eigenvalue weighted by atomic mass is 16.2. The molecule has 0 aromatic carbocycles. The number of aryl methyl sites for hydroxylation is 3. The van der Waals surface area contributed by atoms with Gasteiger partial charge in [-0.2, -0.15) is 10.2 Å². The monoisotopic (exact) mass is 537 g/mol. The fraction of sp³-hybridized carbons (Fsp3) is 0.593. The van der Waals surface area contributed by atoms with Crippen LogP contribution in [0.4, 0.5) is 0 Å². The van der Waals surface area contributed by atoms with E-state index in [1.807, 2.05) is 26.8 Å². The SMILES string of the molecule is Cc1cc(C)n2nc(C(=O)N3CCCC(=O)N(C)[C@@H](C)C(=O)N[C@H](CC(C)C)c4nc(C)nn4CC3)cc2n1. The molecule has 39 heavy (non-hydrogen) atoms. The maximum absolute atomic E-state index is 13.7. The van der Waals surface area contributed by atoms with Crippen LogP contribution in [0.15, 0.2) is 12.1 Å². The predicted molar refractivity (Wildman–Crippen MR) is 145 cm³/mol. The molecule has 3 amide bonds. The molecule has 4 rings (SSSR count). The zero-order chi connectivity index (χ0) is 28.4. The zero-order valence-electron chi connectivity index (χ0n) is 23.9. The summed E-state index contributed by atoms with van der Waals surface area (Å²) in [7, 11) is 1.64. The van der Waals surface area contributed by atoms with Gasteiger partial charge in [0.2, 0.25) is 11.8 Å². The average molecular weight is 538 g/mol. The van der Waals surface area contributed by atoms with Gasteiger partial charge in [-0.25, -0.2) is 19.2 Å². The largest absolute Gasteiger partial charge is 0.344 e. The number of hydrogen-bond acceptors (Lipinski definition) is 7. The van der Waals surface area contributed by atoms with E-state index in [1.54, 1.807) is 34.1 Å². The summed E-state index contributed by atoms with van der Waals surface area (Å²) in [5.41, 5.74) is 2.66. The van der Waals surface area contributed by atoms with Crippen molar-refractivity contribution >= 4 is 23.4 Å². The lowest BCUT2D eigenvalue weighted by Gasteiger charge is -2.29. The Labute approximate surface area is 228 Å². The third kappa shape index (κ3) is 6.26. The first-order chi connectivity index (χ1) is 18.4. The van der Waals surface area contributed by atoms with Gasteiger partial charge in [0, 0.05) is 44.0 Å². The molecule has 1 aliphatic heterocycles. The Bertz CT molecular complexity index is 1380. The van der Waals surface area contributed by atoms with Crippen molar-refractivity contribution in [2.45, 2.75) is 79.4 Å². The average Bonchev–Trinajstić information content (AvgIpc) is 3.46. The molecule has 0 aliphatic carbocycles. The summed E-state index contributed by atoms with van der Waals surface area (Å²) >= 11 is 0.